The monoisotopic (exact) mass is 391 g/mol. The fraction of sp³-hybridized carbons (Fsp3) is 0.478. The Balaban J connectivity index is 1.39. The lowest BCUT2D eigenvalue weighted by Gasteiger charge is -2.51. The van der Waals surface area contributed by atoms with Crippen LogP contribution in [0.5, 0.6) is 11.5 Å². The zero-order chi connectivity index (χ0) is 19.5. The Kier molecular flexibility index (Phi) is 3.85. The molecule has 29 heavy (non-hydrogen) atoms. The van der Waals surface area contributed by atoms with Gasteiger partial charge in [-0.2, -0.15) is 0 Å². The van der Waals surface area contributed by atoms with E-state index in [1.165, 1.54) is 18.4 Å². The second-order valence-corrected chi connectivity index (χ2v) is 8.67. The maximum Gasteiger partial charge on any atom is 0.256 e. The summed E-state index contributed by atoms with van der Waals surface area (Å²) in [6, 6.07) is 10.7. The Hall–Kier alpha value is -2.60. The third-order valence-electron chi connectivity index (χ3n) is 7.32. The summed E-state index contributed by atoms with van der Waals surface area (Å²) >= 11 is 0. The van der Waals surface area contributed by atoms with Crippen molar-refractivity contribution in [1.29, 1.82) is 0 Å². The molecule has 0 unspecified atom stereocenters. The minimum Gasteiger partial charge on any atom is -0.454 e. The molecule has 2 bridgehead atoms. The van der Waals surface area contributed by atoms with E-state index in [9.17, 15) is 4.79 Å². The van der Waals surface area contributed by atoms with Crippen molar-refractivity contribution in [2.75, 3.05) is 26.4 Å². The molecule has 5 aliphatic heterocycles. The number of rotatable bonds is 2. The Bertz CT molecular complexity index is 970. The van der Waals surface area contributed by atoms with Gasteiger partial charge in [-0.1, -0.05) is 6.07 Å². The summed E-state index contributed by atoms with van der Waals surface area (Å²) in [4.78, 5) is 22.7. The Morgan fingerprint density at radius 1 is 1.10 bits per heavy atom. The molecule has 4 fully saturated rings. The summed E-state index contributed by atoms with van der Waals surface area (Å²) in [5.74, 6) is 2.64. The molecule has 5 aliphatic rings. The van der Waals surface area contributed by atoms with Crippen LogP contribution in [-0.2, 0) is 0 Å². The molecule has 150 valence electrons. The number of piperidine rings is 3. The van der Waals surface area contributed by atoms with Gasteiger partial charge in [-0.15, -0.1) is 0 Å². The number of benzene rings is 1. The molecule has 4 saturated heterocycles. The van der Waals surface area contributed by atoms with Gasteiger partial charge in [0.05, 0.1) is 11.6 Å². The maximum atomic E-state index is 13.6. The first kappa shape index (κ1) is 17.3. The van der Waals surface area contributed by atoms with Crippen LogP contribution < -0.4 is 9.47 Å². The van der Waals surface area contributed by atoms with Crippen LogP contribution in [0, 0.1) is 12.8 Å². The van der Waals surface area contributed by atoms with E-state index in [0.29, 0.717) is 17.9 Å². The average Bonchev–Trinajstić information content (AvgIpc) is 3.40. The molecule has 1 aromatic carbocycles. The van der Waals surface area contributed by atoms with Crippen molar-refractivity contribution < 1.29 is 14.3 Å². The highest BCUT2D eigenvalue weighted by molar-refractivity contribution is 5.95. The number of carbonyl (C=O) groups excluding carboxylic acids is 1. The molecule has 0 aliphatic carbocycles. The molecular weight excluding hydrogens is 366 g/mol. The quantitative estimate of drug-likeness (QED) is 0.788. The maximum absolute atomic E-state index is 13.6. The van der Waals surface area contributed by atoms with Crippen molar-refractivity contribution in [1.82, 2.24) is 14.8 Å². The van der Waals surface area contributed by atoms with E-state index in [2.05, 4.69) is 26.9 Å². The molecule has 2 aromatic rings. The van der Waals surface area contributed by atoms with Crippen molar-refractivity contribution in [2.24, 2.45) is 5.92 Å². The number of hydrogen-bond donors (Lipinski definition) is 0. The van der Waals surface area contributed by atoms with Gasteiger partial charge in [0.2, 0.25) is 6.79 Å². The number of nitrogens with zero attached hydrogens (tertiary/aromatic N) is 3. The molecule has 0 saturated carbocycles. The van der Waals surface area contributed by atoms with Crippen molar-refractivity contribution in [3.05, 3.63) is 53.3 Å². The molecule has 7 rings (SSSR count). The molecule has 3 atom stereocenters. The molecule has 6 heteroatoms. The predicted octanol–water partition coefficient (Wildman–Crippen LogP) is 2.82. The summed E-state index contributed by atoms with van der Waals surface area (Å²) in [6.07, 6.45) is 4.12. The van der Waals surface area contributed by atoms with Crippen molar-refractivity contribution in [2.45, 2.75) is 37.8 Å². The van der Waals surface area contributed by atoms with Gasteiger partial charge in [0.25, 0.3) is 5.91 Å². The number of aromatic nitrogens is 1. The molecule has 0 spiro atoms. The van der Waals surface area contributed by atoms with Gasteiger partial charge in [-0.3, -0.25) is 14.7 Å². The van der Waals surface area contributed by atoms with Crippen LogP contribution >= 0.6 is 0 Å². The van der Waals surface area contributed by atoms with Crippen LogP contribution in [-0.4, -0.2) is 59.2 Å². The van der Waals surface area contributed by atoms with Gasteiger partial charge in [0.15, 0.2) is 11.5 Å². The Morgan fingerprint density at radius 3 is 2.76 bits per heavy atom. The number of amides is 1. The van der Waals surface area contributed by atoms with Gasteiger partial charge in [-0.05, 0) is 68.6 Å². The van der Waals surface area contributed by atoms with E-state index in [-0.39, 0.29) is 18.7 Å². The minimum atomic E-state index is 0.127. The van der Waals surface area contributed by atoms with E-state index in [4.69, 9.17) is 9.47 Å². The van der Waals surface area contributed by atoms with Crippen LogP contribution in [0.25, 0.3) is 0 Å². The highest BCUT2D eigenvalue weighted by atomic mass is 16.7. The first-order chi connectivity index (χ1) is 14.2. The normalized spacial score (nSPS) is 31.8. The van der Waals surface area contributed by atoms with Crippen molar-refractivity contribution >= 4 is 5.91 Å². The number of ether oxygens (including phenoxy) is 2. The lowest BCUT2D eigenvalue weighted by Crippen LogP contribution is -2.60. The topological polar surface area (TPSA) is 54.9 Å². The Labute approximate surface area is 170 Å². The average molecular weight is 391 g/mol. The van der Waals surface area contributed by atoms with Crippen molar-refractivity contribution in [3.63, 3.8) is 0 Å². The third kappa shape index (κ3) is 2.58. The fourth-order valence-electron chi connectivity index (χ4n) is 5.96. The summed E-state index contributed by atoms with van der Waals surface area (Å²) in [6.45, 7) is 5.23. The first-order valence-corrected chi connectivity index (χ1v) is 10.6. The van der Waals surface area contributed by atoms with Crippen LogP contribution in [0.15, 0.2) is 36.5 Å². The number of fused-ring (bicyclic) bond motifs is 3. The van der Waals surface area contributed by atoms with Gasteiger partial charge in [0.1, 0.15) is 0 Å². The highest BCUT2D eigenvalue weighted by Gasteiger charge is 2.54. The molecule has 0 radical (unpaired) electrons. The summed E-state index contributed by atoms with van der Waals surface area (Å²) < 4.78 is 11.1. The second-order valence-electron chi connectivity index (χ2n) is 8.67. The van der Waals surface area contributed by atoms with Gasteiger partial charge in [-0.25, -0.2) is 0 Å². The van der Waals surface area contributed by atoms with Crippen LogP contribution in [0.3, 0.4) is 0 Å². The number of pyridine rings is 1. The van der Waals surface area contributed by atoms with Gasteiger partial charge < -0.3 is 14.4 Å². The van der Waals surface area contributed by atoms with E-state index in [1.807, 2.05) is 25.1 Å². The van der Waals surface area contributed by atoms with Gasteiger partial charge in [0, 0.05) is 30.4 Å². The summed E-state index contributed by atoms with van der Waals surface area (Å²) in [5.41, 5.74) is 2.78. The Morgan fingerprint density at radius 2 is 1.93 bits per heavy atom. The number of likely N-dealkylation sites (tertiary alicyclic amines) is 1. The second kappa shape index (κ2) is 6.46. The summed E-state index contributed by atoms with van der Waals surface area (Å²) in [5, 5.41) is 0. The SMILES string of the molecule is Cc1ncccc1C(=O)N1C[C@@H](c2ccc3c(c2)OCO3)[C@@H]2[C@H]1C1CCN2CC1. The zero-order valence-electron chi connectivity index (χ0n) is 16.6. The largest absolute Gasteiger partial charge is 0.454 e. The number of hydrogen-bond acceptors (Lipinski definition) is 5. The highest BCUT2D eigenvalue weighted by Crippen LogP contribution is 2.48. The lowest BCUT2D eigenvalue weighted by molar-refractivity contribution is -0.00345. The summed E-state index contributed by atoms with van der Waals surface area (Å²) in [7, 11) is 0. The molecule has 6 nitrogen and oxygen atoms in total. The number of aryl methyl sites for hydroxylation is 1. The molecule has 6 heterocycles. The zero-order valence-corrected chi connectivity index (χ0v) is 16.6. The van der Waals surface area contributed by atoms with E-state index in [1.54, 1.807) is 6.20 Å². The van der Waals surface area contributed by atoms with Crippen molar-refractivity contribution in [3.8, 4) is 11.5 Å². The molecular formula is C23H25N3O3. The van der Waals surface area contributed by atoms with Crippen LogP contribution in [0.4, 0.5) is 0 Å². The smallest absolute Gasteiger partial charge is 0.256 e. The number of carbonyl (C=O) groups is 1. The minimum absolute atomic E-state index is 0.127. The predicted molar refractivity (Wildman–Crippen MR) is 107 cm³/mol. The van der Waals surface area contributed by atoms with E-state index >= 15 is 0 Å². The lowest BCUT2D eigenvalue weighted by atomic mass is 9.75. The van der Waals surface area contributed by atoms with Crippen LogP contribution in [0.1, 0.15) is 40.4 Å². The molecule has 1 amide bonds. The van der Waals surface area contributed by atoms with Gasteiger partial charge >= 0.3 is 0 Å². The molecule has 1 aromatic heterocycles. The standard InChI is InChI=1S/C23H25N3O3/c1-14-17(3-2-8-24-14)23(27)26-12-18(16-4-5-19-20(11-16)29-13-28-19)22-21(26)15-6-9-25(22)10-7-15/h2-5,8,11,15,18,21-22H,6-7,9-10,12-13H2,1H3/t18-,21+,22+/m0/s1. The third-order valence-corrected chi connectivity index (χ3v) is 7.32. The van der Waals surface area contributed by atoms with Crippen LogP contribution in [0.2, 0.25) is 0 Å². The van der Waals surface area contributed by atoms with E-state index < -0.39 is 0 Å². The fourth-order valence-corrected chi connectivity index (χ4v) is 5.96. The first-order valence-electron chi connectivity index (χ1n) is 10.6. The van der Waals surface area contributed by atoms with E-state index in [0.717, 1.165) is 42.4 Å². The molecule has 0 N–H and O–H groups in total.